The molecule has 6 N–H and O–H groups in total. The summed E-state index contributed by atoms with van der Waals surface area (Å²) in [6.07, 6.45) is 1.07. The van der Waals surface area contributed by atoms with Gasteiger partial charge in [0.05, 0.1) is 6.20 Å². The largest absolute Gasteiger partial charge is 0.478 e. The molecule has 0 aromatic carbocycles. The number of aromatic amines is 1. The van der Waals surface area contributed by atoms with Gasteiger partial charge in [-0.25, -0.2) is 9.59 Å². The quantitative estimate of drug-likeness (QED) is 0.0445. The lowest BCUT2D eigenvalue weighted by Crippen LogP contribution is -2.71. The lowest BCUT2D eigenvalue weighted by Gasteiger charge is -2.49. The number of fused-ring (bicyclic) bond motifs is 1. The number of thioether (sulfide) groups is 2. The Morgan fingerprint density at radius 3 is 2.63 bits per heavy atom. The summed E-state index contributed by atoms with van der Waals surface area (Å²) in [7, 11) is 1.46. The van der Waals surface area contributed by atoms with E-state index < -0.39 is 57.6 Å². The van der Waals surface area contributed by atoms with Crippen LogP contribution in [0, 0.1) is 0 Å². The third-order valence-corrected chi connectivity index (χ3v) is 8.16. The van der Waals surface area contributed by atoms with Gasteiger partial charge >= 0.3 is 23.1 Å². The van der Waals surface area contributed by atoms with E-state index in [-0.39, 0.29) is 28.1 Å². The third kappa shape index (κ3) is 5.79. The normalized spacial score (nSPS) is 19.0. The SMILES string of the molecule is Cn1[nH]c(=O)c(=O)nc1SCC1=C(C(=O)O)N2C(=O)[C@@H](NC(=O)C(=NOC(C)(C)C(=O)O)c3cnn(N)n3)[C@H]2SC1. The lowest BCUT2D eigenvalue weighted by atomic mass is 10.0. The first-order valence-electron chi connectivity index (χ1n) is 11.4. The van der Waals surface area contributed by atoms with Crippen LogP contribution in [0.2, 0.25) is 0 Å². The molecule has 2 aliphatic heterocycles. The van der Waals surface area contributed by atoms with Crippen LogP contribution in [0.15, 0.2) is 37.4 Å². The second-order valence-corrected chi connectivity index (χ2v) is 11.1. The first-order chi connectivity index (χ1) is 19.2. The molecule has 1 saturated heterocycles. The van der Waals surface area contributed by atoms with Gasteiger partial charge in [0.25, 0.3) is 11.8 Å². The van der Waals surface area contributed by atoms with Crippen molar-refractivity contribution in [3.63, 3.8) is 0 Å². The number of carboxylic acid groups (broad SMARTS) is 2. The number of hydrogen-bond donors (Lipinski definition) is 5. The van der Waals surface area contributed by atoms with Crippen molar-refractivity contribution < 1.29 is 34.2 Å². The number of oxime groups is 1. The predicted octanol–water partition coefficient (Wildman–Crippen LogP) is -3.11. The number of carbonyl (C=O) groups excluding carboxylic acids is 2. The van der Waals surface area contributed by atoms with Crippen LogP contribution in [-0.4, -0.2) is 103 Å². The molecule has 0 saturated carbocycles. The molecule has 218 valence electrons. The number of carboxylic acids is 2. The molecule has 0 radical (unpaired) electrons. The fourth-order valence-corrected chi connectivity index (χ4v) is 5.94. The topological polar surface area (TPSA) is 270 Å². The van der Waals surface area contributed by atoms with Crippen molar-refractivity contribution in [2.24, 2.45) is 12.2 Å². The molecule has 4 rings (SSSR count). The van der Waals surface area contributed by atoms with Gasteiger partial charge < -0.3 is 26.2 Å². The summed E-state index contributed by atoms with van der Waals surface area (Å²) in [5.41, 5.74) is -4.35. The Morgan fingerprint density at radius 2 is 2.02 bits per heavy atom. The van der Waals surface area contributed by atoms with Crippen molar-refractivity contribution in [1.82, 2.24) is 40.1 Å². The standard InChI is InChI=1S/C20H22N10O9S2/c1-20(2,18(37)38)39-27-9(8-4-22-30(21)25-8)12(31)23-10-15(34)29-11(17(35)36)7(5-40-16(10)29)6-41-19-24-13(32)14(33)26-28(19)3/h4,10,16H,5-6,21H2,1-3H3,(H,23,31)(H,26,33)(H,35,36)(H,37,38)/t10-,16-/m1/s1. The molecule has 2 aliphatic rings. The number of carbonyl (C=O) groups is 4. The predicted molar refractivity (Wildman–Crippen MR) is 140 cm³/mol. The fourth-order valence-electron chi connectivity index (χ4n) is 3.53. The maximum absolute atomic E-state index is 13.1. The zero-order valence-corrected chi connectivity index (χ0v) is 23.1. The summed E-state index contributed by atoms with van der Waals surface area (Å²) in [5, 5.41) is 34.3. The number of nitrogens with one attached hydrogen (secondary N) is 2. The van der Waals surface area contributed by atoms with Gasteiger partial charge in [-0.05, 0) is 19.4 Å². The fraction of sp³-hybridized carbons (Fsp3) is 0.400. The number of β-lactam (4-membered cyclic amide) rings is 1. The average molecular weight is 611 g/mol. The average Bonchev–Trinajstić information content (AvgIpc) is 3.33. The summed E-state index contributed by atoms with van der Waals surface area (Å²) in [6.45, 7) is 2.39. The van der Waals surface area contributed by atoms with Crippen LogP contribution >= 0.6 is 23.5 Å². The number of amides is 2. The number of aromatic nitrogens is 6. The van der Waals surface area contributed by atoms with Gasteiger partial charge in [-0.15, -0.1) is 22.0 Å². The number of nitrogens with zero attached hydrogens (tertiary/aromatic N) is 7. The van der Waals surface area contributed by atoms with Crippen molar-refractivity contribution in [2.75, 3.05) is 17.3 Å². The summed E-state index contributed by atoms with van der Waals surface area (Å²) in [5.74, 6) is 1.20. The van der Waals surface area contributed by atoms with Gasteiger partial charge in [-0.2, -0.15) is 4.98 Å². The molecule has 0 aliphatic carbocycles. The van der Waals surface area contributed by atoms with E-state index in [1.807, 2.05) is 0 Å². The van der Waals surface area contributed by atoms with Crippen LogP contribution in [0.3, 0.4) is 0 Å². The molecule has 4 heterocycles. The molecule has 21 heteroatoms. The number of nitrogens with two attached hydrogens (primary N) is 1. The van der Waals surface area contributed by atoms with E-state index in [0.717, 1.165) is 22.9 Å². The molecule has 0 unspecified atom stereocenters. The number of rotatable bonds is 10. The summed E-state index contributed by atoms with van der Waals surface area (Å²) < 4.78 is 1.22. The van der Waals surface area contributed by atoms with Crippen LogP contribution in [0.1, 0.15) is 19.5 Å². The Hall–Kier alpha value is -4.66. The molecular weight excluding hydrogens is 588 g/mol. The highest BCUT2D eigenvalue weighted by atomic mass is 32.2. The van der Waals surface area contributed by atoms with Crippen LogP contribution in [0.25, 0.3) is 0 Å². The Bertz CT molecular complexity index is 1630. The molecule has 2 aromatic rings. The lowest BCUT2D eigenvalue weighted by molar-refractivity contribution is -0.161. The summed E-state index contributed by atoms with van der Waals surface area (Å²) >= 11 is 2.18. The van der Waals surface area contributed by atoms with E-state index in [1.165, 1.54) is 37.3 Å². The van der Waals surface area contributed by atoms with Gasteiger partial charge in [0.2, 0.25) is 5.60 Å². The van der Waals surface area contributed by atoms with Crippen molar-refractivity contribution >= 4 is 53.0 Å². The smallest absolute Gasteiger partial charge is 0.352 e. The van der Waals surface area contributed by atoms with Gasteiger partial charge in [0.15, 0.2) is 10.9 Å². The first kappa shape index (κ1) is 29.3. The van der Waals surface area contributed by atoms with Crippen LogP contribution in [-0.2, 0) is 31.1 Å². The van der Waals surface area contributed by atoms with E-state index in [2.05, 4.69) is 30.8 Å². The molecule has 1 fully saturated rings. The molecular formula is C20H22N10O9S2. The van der Waals surface area contributed by atoms with Crippen molar-refractivity contribution in [2.45, 2.75) is 36.0 Å². The molecule has 0 bridgehead atoms. The van der Waals surface area contributed by atoms with Crippen molar-refractivity contribution in [1.29, 1.82) is 0 Å². The minimum atomic E-state index is -1.82. The molecule has 0 spiro atoms. The van der Waals surface area contributed by atoms with Gasteiger partial charge in [0, 0.05) is 18.6 Å². The summed E-state index contributed by atoms with van der Waals surface area (Å²) in [4.78, 5) is 83.1. The summed E-state index contributed by atoms with van der Waals surface area (Å²) in [6, 6.07) is -1.16. The minimum Gasteiger partial charge on any atom is -0.478 e. The van der Waals surface area contributed by atoms with Gasteiger partial charge in [0.1, 0.15) is 22.8 Å². The van der Waals surface area contributed by atoms with Crippen LogP contribution in [0.5, 0.6) is 0 Å². The number of nitrogen functional groups attached to an aromatic ring is 1. The molecule has 2 atom stereocenters. The highest BCUT2D eigenvalue weighted by molar-refractivity contribution is 8.01. The second kappa shape index (κ2) is 11.1. The molecule has 41 heavy (non-hydrogen) atoms. The van der Waals surface area contributed by atoms with Crippen LogP contribution in [0.4, 0.5) is 0 Å². The zero-order chi connectivity index (χ0) is 30.2. The van der Waals surface area contributed by atoms with E-state index in [4.69, 9.17) is 10.7 Å². The van der Waals surface area contributed by atoms with Crippen molar-refractivity contribution in [3.8, 4) is 0 Å². The number of hydrogen-bond acceptors (Lipinski definition) is 14. The third-order valence-electron chi connectivity index (χ3n) is 5.71. The maximum atomic E-state index is 13.1. The second-order valence-electron chi connectivity index (χ2n) is 9.00. The molecule has 2 amide bonds. The number of aliphatic carboxylic acids is 2. The van der Waals surface area contributed by atoms with E-state index in [0.29, 0.717) is 10.5 Å². The Labute approximate surface area is 236 Å². The number of aryl methyl sites for hydroxylation is 1. The zero-order valence-electron chi connectivity index (χ0n) is 21.4. The molecule has 2 aromatic heterocycles. The molecule has 19 nitrogen and oxygen atoms in total. The van der Waals surface area contributed by atoms with Crippen LogP contribution < -0.4 is 22.3 Å². The minimum absolute atomic E-state index is 0.0384. The monoisotopic (exact) mass is 610 g/mol. The highest BCUT2D eigenvalue weighted by Gasteiger charge is 2.54. The van der Waals surface area contributed by atoms with E-state index in [9.17, 15) is 39.0 Å². The Balaban J connectivity index is 1.53. The van der Waals surface area contributed by atoms with E-state index in [1.54, 1.807) is 0 Å². The first-order valence-corrected chi connectivity index (χ1v) is 13.4. The maximum Gasteiger partial charge on any atom is 0.352 e. The number of H-pyrrole nitrogens is 1. The van der Waals surface area contributed by atoms with E-state index >= 15 is 0 Å². The Morgan fingerprint density at radius 1 is 1.32 bits per heavy atom. The highest BCUT2D eigenvalue weighted by Crippen LogP contribution is 2.41. The van der Waals surface area contributed by atoms with Gasteiger partial charge in [-0.1, -0.05) is 21.8 Å². The van der Waals surface area contributed by atoms with Crippen molar-refractivity contribution in [3.05, 3.63) is 43.9 Å². The Kier molecular flexibility index (Phi) is 7.92. The van der Waals surface area contributed by atoms with Gasteiger partial charge in [-0.3, -0.25) is 33.9 Å².